The highest BCUT2D eigenvalue weighted by Gasteiger charge is 2.45. The van der Waals surface area contributed by atoms with Crippen molar-refractivity contribution in [2.45, 2.75) is 97.5 Å². The number of benzene rings is 2. The van der Waals surface area contributed by atoms with E-state index in [1.54, 1.807) is 26.0 Å². The van der Waals surface area contributed by atoms with Crippen molar-refractivity contribution >= 4 is 35.7 Å². The van der Waals surface area contributed by atoms with Crippen LogP contribution in [0.25, 0.3) is 11.1 Å². The molecule has 14 nitrogen and oxygen atoms in total. The molecule has 14 heteroatoms. The molecule has 0 aliphatic carbocycles. The number of unbranched alkanes of at least 4 members (excludes halogenated alkanes) is 2. The maximum Gasteiger partial charge on any atom is 0.417 e. The van der Waals surface area contributed by atoms with Crippen molar-refractivity contribution in [3.8, 4) is 11.1 Å². The van der Waals surface area contributed by atoms with Crippen LogP contribution in [-0.4, -0.2) is 87.6 Å². The molecule has 5 atom stereocenters. The summed E-state index contributed by atoms with van der Waals surface area (Å²) in [5.41, 5.74) is 6.32. The van der Waals surface area contributed by atoms with E-state index in [0.29, 0.717) is 16.9 Å². The minimum absolute atomic E-state index is 0.0804. The first-order chi connectivity index (χ1) is 24.1. The fourth-order valence-electron chi connectivity index (χ4n) is 5.39. The smallest absolute Gasteiger partial charge is 0.417 e. The van der Waals surface area contributed by atoms with Crippen molar-refractivity contribution in [1.82, 2.24) is 20.9 Å². The van der Waals surface area contributed by atoms with Crippen molar-refractivity contribution in [2.24, 2.45) is 17.6 Å². The number of amides is 5. The van der Waals surface area contributed by atoms with Gasteiger partial charge in [0, 0.05) is 18.9 Å². The van der Waals surface area contributed by atoms with Crippen LogP contribution in [0.2, 0.25) is 0 Å². The highest BCUT2D eigenvalue weighted by atomic mass is 16.6. The van der Waals surface area contributed by atoms with Crippen molar-refractivity contribution in [3.63, 3.8) is 0 Å². The minimum Gasteiger partial charge on any atom is -0.480 e. The van der Waals surface area contributed by atoms with Gasteiger partial charge in [-0.2, -0.15) is 0 Å². The number of nitrogens with two attached hydrogens (primary N) is 1. The third-order valence-corrected chi connectivity index (χ3v) is 8.70. The lowest BCUT2D eigenvalue weighted by atomic mass is 9.83. The van der Waals surface area contributed by atoms with Crippen LogP contribution in [0, 0.1) is 11.8 Å². The van der Waals surface area contributed by atoms with Crippen LogP contribution >= 0.6 is 0 Å². The molecule has 0 aliphatic heterocycles. The van der Waals surface area contributed by atoms with Crippen LogP contribution in [0.15, 0.2) is 54.6 Å². The van der Waals surface area contributed by atoms with Gasteiger partial charge < -0.3 is 36.6 Å². The SMILES string of the molecule is CCCCCC(=O)N[C@@](C)(C(=O)NC(C(=O)O)C(C)C)C(CO)CNC(=O)[C@H](C)N(C(=O)OCc1ccccc1-c1ccccc1)C(=O)[C@H](C)N. The Kier molecular flexibility index (Phi) is 16.7. The first-order valence-electron chi connectivity index (χ1n) is 17.2. The molecular formula is C37H53N5O9. The van der Waals surface area contributed by atoms with E-state index in [4.69, 9.17) is 10.5 Å². The van der Waals surface area contributed by atoms with E-state index < -0.39 is 84.3 Å². The van der Waals surface area contributed by atoms with E-state index in [2.05, 4.69) is 16.0 Å². The number of carbonyl (C=O) groups excluding carboxylic acids is 5. The summed E-state index contributed by atoms with van der Waals surface area (Å²) in [5, 5.41) is 27.8. The van der Waals surface area contributed by atoms with Gasteiger partial charge in [-0.1, -0.05) is 88.2 Å². The predicted octanol–water partition coefficient (Wildman–Crippen LogP) is 2.96. The molecule has 7 N–H and O–H groups in total. The highest BCUT2D eigenvalue weighted by molar-refractivity contribution is 6.00. The van der Waals surface area contributed by atoms with Crippen LogP contribution in [0.1, 0.15) is 72.8 Å². The molecule has 0 aromatic heterocycles. The van der Waals surface area contributed by atoms with Gasteiger partial charge in [0.05, 0.1) is 12.6 Å². The summed E-state index contributed by atoms with van der Waals surface area (Å²) in [4.78, 5) is 79.1. The van der Waals surface area contributed by atoms with Crippen molar-refractivity contribution in [2.75, 3.05) is 13.2 Å². The maximum absolute atomic E-state index is 13.7. The second kappa shape index (κ2) is 20.1. The lowest BCUT2D eigenvalue weighted by Gasteiger charge is -2.38. The zero-order chi connectivity index (χ0) is 38.3. The number of aliphatic hydroxyl groups excluding tert-OH is 1. The number of hydrogen-bond acceptors (Lipinski definition) is 9. The Balaban J connectivity index is 2.30. The quantitative estimate of drug-likeness (QED) is 0.117. The normalized spacial score (nSPS) is 14.6. The van der Waals surface area contributed by atoms with Gasteiger partial charge in [-0.3, -0.25) is 19.2 Å². The Labute approximate surface area is 299 Å². The number of nitrogens with one attached hydrogen (secondary N) is 3. The lowest BCUT2D eigenvalue weighted by molar-refractivity contribution is -0.145. The zero-order valence-corrected chi connectivity index (χ0v) is 30.3. The third kappa shape index (κ3) is 11.9. The molecule has 0 saturated carbocycles. The molecule has 0 bridgehead atoms. The monoisotopic (exact) mass is 711 g/mol. The van der Waals surface area contributed by atoms with Crippen LogP contribution in [0.3, 0.4) is 0 Å². The molecule has 0 fully saturated rings. The average Bonchev–Trinajstić information content (AvgIpc) is 3.09. The Morgan fingerprint density at radius 1 is 0.941 bits per heavy atom. The first-order valence-corrected chi connectivity index (χ1v) is 17.2. The molecular weight excluding hydrogens is 658 g/mol. The fraction of sp³-hybridized carbons (Fsp3) is 0.514. The van der Waals surface area contributed by atoms with Crippen LogP contribution in [0.4, 0.5) is 4.79 Å². The summed E-state index contributed by atoms with van der Waals surface area (Å²) >= 11 is 0. The molecule has 0 aliphatic rings. The number of imide groups is 1. The van der Waals surface area contributed by atoms with Gasteiger partial charge in [-0.05, 0) is 49.8 Å². The molecule has 5 amide bonds. The van der Waals surface area contributed by atoms with Gasteiger partial charge in [0.15, 0.2) is 0 Å². The molecule has 2 rings (SSSR count). The fourth-order valence-corrected chi connectivity index (χ4v) is 5.39. The molecule has 0 heterocycles. The van der Waals surface area contributed by atoms with E-state index >= 15 is 0 Å². The summed E-state index contributed by atoms with van der Waals surface area (Å²) in [6.07, 6.45) is 1.12. The molecule has 0 saturated heterocycles. The maximum atomic E-state index is 13.7. The van der Waals surface area contributed by atoms with Gasteiger partial charge in [-0.25, -0.2) is 14.5 Å². The number of carboxylic acids is 1. The number of hydrogen-bond donors (Lipinski definition) is 6. The molecule has 2 aromatic carbocycles. The van der Waals surface area contributed by atoms with E-state index in [0.717, 1.165) is 24.0 Å². The van der Waals surface area contributed by atoms with Gasteiger partial charge in [0.2, 0.25) is 23.6 Å². The Morgan fingerprint density at radius 3 is 2.14 bits per heavy atom. The van der Waals surface area contributed by atoms with Crippen molar-refractivity contribution < 1.29 is 43.7 Å². The third-order valence-electron chi connectivity index (χ3n) is 8.70. The lowest BCUT2D eigenvalue weighted by Crippen LogP contribution is -2.66. The van der Waals surface area contributed by atoms with Crippen LogP contribution < -0.4 is 21.7 Å². The minimum atomic E-state index is -1.87. The number of aliphatic hydroxyl groups is 1. The van der Waals surface area contributed by atoms with Crippen LogP contribution in [0.5, 0.6) is 0 Å². The molecule has 0 spiro atoms. The van der Waals surface area contributed by atoms with Gasteiger partial charge >= 0.3 is 12.1 Å². The van der Waals surface area contributed by atoms with Gasteiger partial charge in [0.25, 0.3) is 0 Å². The standard InChI is InChI=1S/C37H53N5O9/c1-7-8-10-19-30(44)41-37(6,35(49)40-31(23(2)3)34(47)48)28(21-43)20-39-32(45)25(5)42(33(46)24(4)38)36(50)51-22-27-17-13-14-18-29(27)26-15-11-9-12-16-26/h9,11-18,23-25,28,31,43H,7-8,10,19-22,38H2,1-6H3,(H,39,45)(H,40,49)(H,41,44)(H,47,48)/t24-,25-,28?,31?,37+/m0/s1. The number of carbonyl (C=O) groups is 6. The molecule has 2 aromatic rings. The zero-order valence-electron chi connectivity index (χ0n) is 30.3. The summed E-state index contributed by atoms with van der Waals surface area (Å²) in [6, 6.07) is 12.8. The second-order valence-electron chi connectivity index (χ2n) is 13.1. The number of carboxylic acid groups (broad SMARTS) is 1. The number of aliphatic carboxylic acids is 1. The molecule has 51 heavy (non-hydrogen) atoms. The predicted molar refractivity (Wildman–Crippen MR) is 191 cm³/mol. The molecule has 2 unspecified atom stereocenters. The number of rotatable bonds is 19. The molecule has 280 valence electrons. The topological polar surface area (TPSA) is 217 Å². The van der Waals surface area contributed by atoms with Crippen molar-refractivity contribution in [1.29, 1.82) is 0 Å². The largest absolute Gasteiger partial charge is 0.480 e. The Bertz CT molecular complexity index is 1500. The van der Waals surface area contributed by atoms with E-state index in [1.165, 1.54) is 20.8 Å². The summed E-state index contributed by atoms with van der Waals surface area (Å²) in [5.74, 6) is -6.05. The summed E-state index contributed by atoms with van der Waals surface area (Å²) in [7, 11) is 0. The molecule has 0 radical (unpaired) electrons. The first kappa shape index (κ1) is 42.3. The van der Waals surface area contributed by atoms with Crippen LogP contribution in [-0.2, 0) is 35.3 Å². The average molecular weight is 712 g/mol. The van der Waals surface area contributed by atoms with Gasteiger partial charge in [0.1, 0.15) is 24.2 Å². The summed E-state index contributed by atoms with van der Waals surface area (Å²) < 4.78 is 5.53. The van der Waals surface area contributed by atoms with E-state index in [9.17, 15) is 39.0 Å². The van der Waals surface area contributed by atoms with Crippen molar-refractivity contribution in [3.05, 3.63) is 60.2 Å². The van der Waals surface area contributed by atoms with E-state index in [1.807, 2.05) is 49.4 Å². The Hall–Kier alpha value is -4.82. The van der Waals surface area contributed by atoms with Gasteiger partial charge in [-0.15, -0.1) is 0 Å². The van der Waals surface area contributed by atoms with E-state index in [-0.39, 0.29) is 13.0 Å². The summed E-state index contributed by atoms with van der Waals surface area (Å²) in [6.45, 7) is 7.83. The Morgan fingerprint density at radius 2 is 1.57 bits per heavy atom. The number of ether oxygens (including phenoxy) is 1. The number of nitrogens with zero attached hydrogens (tertiary/aromatic N) is 1. The highest BCUT2D eigenvalue weighted by Crippen LogP contribution is 2.25. The second-order valence-corrected chi connectivity index (χ2v) is 13.1.